The van der Waals surface area contributed by atoms with Gasteiger partial charge in [-0.2, -0.15) is 0 Å². The third-order valence-electron chi connectivity index (χ3n) is 14.5. The molecule has 66 heavy (non-hydrogen) atoms. The highest BCUT2D eigenvalue weighted by molar-refractivity contribution is 14.1. The molecule has 7 rings (SSSR count). The molecule has 8 heteroatoms. The van der Waals surface area contributed by atoms with Crippen LogP contribution >= 0.6 is 67.9 Å². The third-order valence-corrected chi connectivity index (χ3v) is 18.3. The highest BCUT2D eigenvalue weighted by Crippen LogP contribution is 2.50. The summed E-state index contributed by atoms with van der Waals surface area (Å²) >= 11 is 8.85. The normalized spacial score (nSPS) is 14.0. The van der Waals surface area contributed by atoms with Crippen molar-refractivity contribution in [2.24, 2.45) is 23.7 Å². The van der Waals surface area contributed by atoms with Crippen LogP contribution in [-0.2, 0) is 0 Å². The van der Waals surface area contributed by atoms with E-state index in [9.17, 15) is 0 Å². The van der Waals surface area contributed by atoms with Crippen molar-refractivity contribution in [3.8, 4) is 23.0 Å². The number of hydrogen-bond donors (Lipinski definition) is 0. The average Bonchev–Trinajstić information content (AvgIpc) is 3.93. The number of rotatable bonds is 28. The Morgan fingerprint density at radius 2 is 0.591 bits per heavy atom. The van der Waals surface area contributed by atoms with Crippen LogP contribution in [0, 0.1) is 29.4 Å². The van der Waals surface area contributed by atoms with E-state index in [1.165, 1.54) is 146 Å². The minimum Gasteiger partial charge on any atom is -0.489 e. The summed E-state index contributed by atoms with van der Waals surface area (Å²) < 4.78 is 32.9. The van der Waals surface area contributed by atoms with E-state index in [1.54, 1.807) is 0 Å². The van der Waals surface area contributed by atoms with Gasteiger partial charge in [-0.05, 0) is 175 Å². The summed E-state index contributed by atoms with van der Waals surface area (Å²) in [5.41, 5.74) is 0. The quantitative estimate of drug-likeness (QED) is 0.0278. The van der Waals surface area contributed by atoms with Gasteiger partial charge in [0.25, 0.3) is 0 Å². The van der Waals surface area contributed by atoms with Crippen LogP contribution in [0.4, 0.5) is 0 Å². The summed E-state index contributed by atoms with van der Waals surface area (Å²) in [5, 5.41) is 12.6. The number of hydrogen-bond acceptors (Lipinski definition) is 6. The first-order valence-electron chi connectivity index (χ1n) is 25.8. The van der Waals surface area contributed by atoms with Crippen molar-refractivity contribution in [3.05, 3.63) is 54.3 Å². The van der Waals surface area contributed by atoms with Crippen molar-refractivity contribution >= 4 is 131 Å². The third kappa shape index (κ3) is 12.0. The van der Waals surface area contributed by atoms with E-state index in [2.05, 4.69) is 149 Å². The maximum absolute atomic E-state index is 6.95. The van der Waals surface area contributed by atoms with Gasteiger partial charge in [0.15, 0.2) is 23.0 Å². The molecular formula is C58H76I2O4S2. The second-order valence-electron chi connectivity index (χ2n) is 19.1. The fourth-order valence-electron chi connectivity index (χ4n) is 9.83. The zero-order valence-electron chi connectivity index (χ0n) is 41.3. The van der Waals surface area contributed by atoms with Crippen molar-refractivity contribution in [1.29, 1.82) is 0 Å². The number of unbranched alkanes of at least 4 members (excludes halogenated alkanes) is 4. The second-order valence-corrected chi connectivity index (χ2v) is 25.0. The summed E-state index contributed by atoms with van der Waals surface area (Å²) in [4.78, 5) is 0. The lowest BCUT2D eigenvalue weighted by molar-refractivity contribution is 0.199. The molecule has 5 aromatic carbocycles. The lowest BCUT2D eigenvalue weighted by Crippen LogP contribution is -2.14. The Morgan fingerprint density at radius 1 is 0.348 bits per heavy atom. The van der Waals surface area contributed by atoms with Crippen LogP contribution < -0.4 is 18.9 Å². The van der Waals surface area contributed by atoms with Crippen LogP contribution in [0.15, 0.2) is 48.5 Å². The number of benzene rings is 5. The molecule has 2 aromatic heterocycles. The molecule has 0 saturated carbocycles. The van der Waals surface area contributed by atoms with Crippen molar-refractivity contribution in [1.82, 2.24) is 0 Å². The van der Waals surface area contributed by atoms with E-state index in [0.29, 0.717) is 50.1 Å². The SMILES string of the molecule is CCCCC(CC)COc1cc2c(cc1OCC(CC)CCCC)c1cc(I)sc1c1cc3c(cc21)c1cc(OCC(CC)CCCC)c(OCC(CC)CCCC)cc1c1cc(I)sc13. The van der Waals surface area contributed by atoms with E-state index in [1.807, 2.05) is 22.7 Å². The zero-order valence-corrected chi connectivity index (χ0v) is 47.2. The fraction of sp³-hybridized carbons (Fsp3) is 0.552. The van der Waals surface area contributed by atoms with Crippen LogP contribution in [0.1, 0.15) is 158 Å². The number of halogens is 2. The minimum atomic E-state index is 0.513. The van der Waals surface area contributed by atoms with Gasteiger partial charge in [0.2, 0.25) is 0 Å². The van der Waals surface area contributed by atoms with E-state index >= 15 is 0 Å². The number of fused-ring (bicyclic) bond motifs is 12. The fourth-order valence-corrected chi connectivity index (χ4v) is 13.6. The lowest BCUT2D eigenvalue weighted by atomic mass is 9.92. The van der Waals surface area contributed by atoms with Crippen molar-refractivity contribution in [2.75, 3.05) is 26.4 Å². The summed E-state index contributed by atoms with van der Waals surface area (Å²) in [5.74, 6) is 5.58. The van der Waals surface area contributed by atoms with Crippen molar-refractivity contribution in [3.63, 3.8) is 0 Å². The summed E-state index contributed by atoms with van der Waals surface area (Å²) in [6.07, 6.45) is 19.0. The van der Waals surface area contributed by atoms with Gasteiger partial charge in [-0.15, -0.1) is 22.7 Å². The summed E-state index contributed by atoms with van der Waals surface area (Å²) in [7, 11) is 0. The molecule has 0 amide bonds. The van der Waals surface area contributed by atoms with Gasteiger partial charge in [-0.3, -0.25) is 0 Å². The molecule has 2 heterocycles. The van der Waals surface area contributed by atoms with E-state index in [4.69, 9.17) is 18.9 Å². The van der Waals surface area contributed by atoms with Gasteiger partial charge in [-0.1, -0.05) is 132 Å². The molecule has 0 N–H and O–H groups in total. The molecule has 4 atom stereocenters. The molecule has 0 saturated heterocycles. The van der Waals surface area contributed by atoms with E-state index in [0.717, 1.165) is 48.7 Å². The Labute approximate surface area is 431 Å². The standard InChI is InChI=1S/C58H76I2O4S2/c1-9-17-21-37(13-5)33-61-51-27-43-41-25-42-44-28-52(62-34-38(14-6)22-18-10-2)54(64-36-40(16-8)24-20-12-4)30-46(44)50-32-56(60)66-58(50)48(42)26-47(41)57-49(31-55(59)65-57)45(43)29-53(51)63-35-39(15-7)23-19-11-3/h25-32,37-40H,9-24,33-36H2,1-8H3. The van der Waals surface area contributed by atoms with E-state index < -0.39 is 0 Å². The predicted octanol–water partition coefficient (Wildman–Crippen LogP) is 20.3. The molecule has 7 aromatic rings. The molecule has 0 fully saturated rings. The topological polar surface area (TPSA) is 36.9 Å². The van der Waals surface area contributed by atoms with E-state index in [-0.39, 0.29) is 0 Å². The largest absolute Gasteiger partial charge is 0.489 e. The molecule has 4 unspecified atom stereocenters. The van der Waals surface area contributed by atoms with Crippen LogP contribution in [0.2, 0.25) is 0 Å². The maximum Gasteiger partial charge on any atom is 0.161 e. The van der Waals surface area contributed by atoms with Crippen LogP contribution in [0.5, 0.6) is 23.0 Å². The molecule has 0 radical (unpaired) electrons. The van der Waals surface area contributed by atoms with Gasteiger partial charge >= 0.3 is 0 Å². The summed E-state index contributed by atoms with van der Waals surface area (Å²) in [6, 6.07) is 19.1. The van der Waals surface area contributed by atoms with Gasteiger partial charge in [0, 0.05) is 30.9 Å². The van der Waals surface area contributed by atoms with Crippen LogP contribution in [0.3, 0.4) is 0 Å². The highest BCUT2D eigenvalue weighted by atomic mass is 127. The molecule has 0 aliphatic rings. The first-order chi connectivity index (χ1) is 32.2. The molecule has 0 aliphatic carbocycles. The Morgan fingerprint density at radius 3 is 0.864 bits per heavy atom. The molecule has 0 bridgehead atoms. The Kier molecular flexibility index (Phi) is 19.5. The van der Waals surface area contributed by atoms with Crippen LogP contribution in [0.25, 0.3) is 63.3 Å². The second kappa shape index (κ2) is 25.0. The van der Waals surface area contributed by atoms with Crippen molar-refractivity contribution in [2.45, 2.75) is 158 Å². The van der Waals surface area contributed by atoms with Gasteiger partial charge in [0.1, 0.15) is 0 Å². The highest BCUT2D eigenvalue weighted by Gasteiger charge is 2.23. The zero-order chi connectivity index (χ0) is 46.7. The molecule has 358 valence electrons. The number of ether oxygens (including phenoxy) is 4. The summed E-state index contributed by atoms with van der Waals surface area (Å²) in [6.45, 7) is 21.2. The molecule has 0 aliphatic heterocycles. The monoisotopic (exact) mass is 1150 g/mol. The van der Waals surface area contributed by atoms with Gasteiger partial charge in [0.05, 0.1) is 32.2 Å². The Hall–Kier alpha value is -2.28. The smallest absolute Gasteiger partial charge is 0.161 e. The first kappa shape index (κ1) is 51.6. The number of thiophene rings is 2. The molecule has 0 spiro atoms. The average molecular weight is 1160 g/mol. The van der Waals surface area contributed by atoms with Crippen LogP contribution in [-0.4, -0.2) is 26.4 Å². The minimum absolute atomic E-state index is 0.513. The molecule has 4 nitrogen and oxygen atoms in total. The Bertz CT molecular complexity index is 2500. The predicted molar refractivity (Wildman–Crippen MR) is 308 cm³/mol. The van der Waals surface area contributed by atoms with Crippen molar-refractivity contribution < 1.29 is 18.9 Å². The van der Waals surface area contributed by atoms with Gasteiger partial charge < -0.3 is 18.9 Å². The van der Waals surface area contributed by atoms with Gasteiger partial charge in [-0.25, -0.2) is 0 Å². The first-order valence-corrected chi connectivity index (χ1v) is 29.6. The maximum atomic E-state index is 6.95. The lowest BCUT2D eigenvalue weighted by Gasteiger charge is -2.22. The Balaban J connectivity index is 1.47. The molecular weight excluding hydrogens is 1080 g/mol.